The number of carbonyl (C=O) groups is 1. The third kappa shape index (κ3) is 2.93. The van der Waals surface area contributed by atoms with Gasteiger partial charge in [0.25, 0.3) is 0 Å². The molecule has 0 saturated heterocycles. The van der Waals surface area contributed by atoms with Gasteiger partial charge < -0.3 is 0 Å². The van der Waals surface area contributed by atoms with E-state index in [0.717, 1.165) is 35.1 Å². The van der Waals surface area contributed by atoms with Gasteiger partial charge in [-0.25, -0.2) is 0 Å². The Morgan fingerprint density at radius 3 is 2.26 bits per heavy atom. The second kappa shape index (κ2) is 5.83. The lowest BCUT2D eigenvalue weighted by atomic mass is 9.94. The summed E-state index contributed by atoms with van der Waals surface area (Å²) in [5, 5.41) is 0. The highest BCUT2D eigenvalue weighted by atomic mass is 16.1. The van der Waals surface area contributed by atoms with Crippen LogP contribution in [0.3, 0.4) is 0 Å². The molecule has 2 aromatic rings. The molecular weight excluding hydrogens is 232 g/mol. The van der Waals surface area contributed by atoms with Gasteiger partial charge in [0.15, 0.2) is 5.78 Å². The van der Waals surface area contributed by atoms with Crippen LogP contribution in [0.4, 0.5) is 0 Å². The minimum atomic E-state index is 0.133. The van der Waals surface area contributed by atoms with E-state index in [2.05, 4.69) is 13.0 Å². The van der Waals surface area contributed by atoms with Gasteiger partial charge in [0, 0.05) is 11.1 Å². The zero-order valence-corrected chi connectivity index (χ0v) is 11.9. The number of ketones is 1. The first-order chi connectivity index (χ1) is 9.13. The Morgan fingerprint density at radius 2 is 1.63 bits per heavy atom. The maximum absolute atomic E-state index is 12.6. The van der Waals surface area contributed by atoms with Gasteiger partial charge in [-0.1, -0.05) is 49.7 Å². The molecule has 0 amide bonds. The zero-order valence-electron chi connectivity index (χ0n) is 11.9. The fraction of sp³-hybridized carbons (Fsp3) is 0.278. The smallest absolute Gasteiger partial charge is 0.193 e. The number of hydrogen-bond acceptors (Lipinski definition) is 1. The van der Waals surface area contributed by atoms with E-state index in [0.29, 0.717) is 0 Å². The predicted octanol–water partition coefficient (Wildman–Crippen LogP) is 4.49. The van der Waals surface area contributed by atoms with Crippen molar-refractivity contribution in [2.75, 3.05) is 0 Å². The van der Waals surface area contributed by atoms with Crippen LogP contribution in [0.15, 0.2) is 42.5 Å². The standard InChI is InChI=1S/C18H20O/c1-4-7-15-10-6-11-16(12-15)18(19)17-13(2)8-5-9-14(17)3/h5-6,8-12H,4,7H2,1-3H3. The summed E-state index contributed by atoms with van der Waals surface area (Å²) in [6.07, 6.45) is 2.12. The Kier molecular flexibility index (Phi) is 4.16. The maximum Gasteiger partial charge on any atom is 0.193 e. The quantitative estimate of drug-likeness (QED) is 0.733. The molecule has 0 bridgehead atoms. The van der Waals surface area contributed by atoms with Gasteiger partial charge in [0.05, 0.1) is 0 Å². The van der Waals surface area contributed by atoms with Crippen molar-refractivity contribution in [3.05, 3.63) is 70.3 Å². The van der Waals surface area contributed by atoms with Gasteiger partial charge in [-0.3, -0.25) is 4.79 Å². The Bertz CT molecular complexity index is 576. The lowest BCUT2D eigenvalue weighted by Crippen LogP contribution is -2.06. The van der Waals surface area contributed by atoms with Crippen LogP contribution in [0.25, 0.3) is 0 Å². The van der Waals surface area contributed by atoms with Crippen LogP contribution >= 0.6 is 0 Å². The van der Waals surface area contributed by atoms with Crippen molar-refractivity contribution in [1.82, 2.24) is 0 Å². The topological polar surface area (TPSA) is 17.1 Å². The highest BCUT2D eigenvalue weighted by Gasteiger charge is 2.14. The van der Waals surface area contributed by atoms with E-state index >= 15 is 0 Å². The van der Waals surface area contributed by atoms with Crippen molar-refractivity contribution in [1.29, 1.82) is 0 Å². The summed E-state index contributed by atoms with van der Waals surface area (Å²) in [7, 11) is 0. The molecule has 0 aliphatic rings. The fourth-order valence-electron chi connectivity index (χ4n) is 2.47. The molecule has 0 atom stereocenters. The van der Waals surface area contributed by atoms with Gasteiger partial charge in [0.1, 0.15) is 0 Å². The van der Waals surface area contributed by atoms with Crippen LogP contribution in [0.1, 0.15) is 46.0 Å². The summed E-state index contributed by atoms with van der Waals surface area (Å²) in [5.41, 5.74) is 4.97. The van der Waals surface area contributed by atoms with Gasteiger partial charge in [-0.2, -0.15) is 0 Å². The van der Waals surface area contributed by atoms with Crippen molar-refractivity contribution in [3.8, 4) is 0 Å². The monoisotopic (exact) mass is 252 g/mol. The van der Waals surface area contributed by atoms with Crippen LogP contribution in [0.5, 0.6) is 0 Å². The first kappa shape index (κ1) is 13.5. The number of aryl methyl sites for hydroxylation is 3. The molecule has 1 nitrogen and oxygen atoms in total. The third-order valence-electron chi connectivity index (χ3n) is 3.44. The van der Waals surface area contributed by atoms with Gasteiger partial charge >= 0.3 is 0 Å². The van der Waals surface area contributed by atoms with E-state index in [1.807, 2.05) is 50.2 Å². The van der Waals surface area contributed by atoms with Crippen LogP contribution in [0.2, 0.25) is 0 Å². The molecule has 0 aliphatic heterocycles. The van der Waals surface area contributed by atoms with E-state index in [4.69, 9.17) is 0 Å². The van der Waals surface area contributed by atoms with Crippen LogP contribution < -0.4 is 0 Å². The molecule has 0 aromatic heterocycles. The molecule has 0 N–H and O–H groups in total. The molecule has 0 spiro atoms. The fourth-order valence-corrected chi connectivity index (χ4v) is 2.47. The van der Waals surface area contributed by atoms with E-state index in [9.17, 15) is 4.79 Å². The van der Waals surface area contributed by atoms with Crippen molar-refractivity contribution in [2.45, 2.75) is 33.6 Å². The summed E-state index contributed by atoms with van der Waals surface area (Å²) in [6, 6.07) is 14.0. The van der Waals surface area contributed by atoms with Gasteiger partial charge in [0.2, 0.25) is 0 Å². The Labute approximate surface area is 115 Å². The lowest BCUT2D eigenvalue weighted by molar-refractivity contribution is 0.103. The van der Waals surface area contributed by atoms with Crippen LogP contribution in [-0.4, -0.2) is 5.78 Å². The number of benzene rings is 2. The minimum Gasteiger partial charge on any atom is -0.289 e. The molecule has 2 aromatic carbocycles. The second-order valence-corrected chi connectivity index (χ2v) is 5.05. The molecule has 0 aliphatic carbocycles. The van der Waals surface area contributed by atoms with E-state index < -0.39 is 0 Å². The maximum atomic E-state index is 12.6. The molecule has 2 rings (SSSR count). The summed E-state index contributed by atoms with van der Waals surface area (Å²) in [5.74, 6) is 0.133. The van der Waals surface area contributed by atoms with Crippen molar-refractivity contribution < 1.29 is 4.79 Å². The number of rotatable bonds is 4. The number of hydrogen-bond donors (Lipinski definition) is 0. The highest BCUT2D eigenvalue weighted by Crippen LogP contribution is 2.19. The van der Waals surface area contributed by atoms with Crippen molar-refractivity contribution in [3.63, 3.8) is 0 Å². The number of carbonyl (C=O) groups excluding carboxylic acids is 1. The highest BCUT2D eigenvalue weighted by molar-refractivity contribution is 6.10. The molecule has 98 valence electrons. The molecule has 1 heteroatoms. The molecular formula is C18H20O. The molecule has 0 radical (unpaired) electrons. The van der Waals surface area contributed by atoms with Crippen LogP contribution in [-0.2, 0) is 6.42 Å². The van der Waals surface area contributed by atoms with Crippen molar-refractivity contribution in [2.24, 2.45) is 0 Å². The second-order valence-electron chi connectivity index (χ2n) is 5.05. The summed E-state index contributed by atoms with van der Waals surface area (Å²) < 4.78 is 0. The molecule has 19 heavy (non-hydrogen) atoms. The molecule has 0 heterocycles. The average molecular weight is 252 g/mol. The van der Waals surface area contributed by atoms with E-state index in [-0.39, 0.29) is 5.78 Å². The largest absolute Gasteiger partial charge is 0.289 e. The molecule has 0 fully saturated rings. The SMILES string of the molecule is CCCc1cccc(C(=O)c2c(C)cccc2C)c1. The summed E-state index contributed by atoms with van der Waals surface area (Å²) in [4.78, 5) is 12.6. The lowest BCUT2D eigenvalue weighted by Gasteiger charge is -2.09. The zero-order chi connectivity index (χ0) is 13.8. The Hall–Kier alpha value is -1.89. The van der Waals surface area contributed by atoms with Crippen molar-refractivity contribution >= 4 is 5.78 Å². The van der Waals surface area contributed by atoms with Crippen LogP contribution in [0, 0.1) is 13.8 Å². The summed E-state index contributed by atoms with van der Waals surface area (Å²) in [6.45, 7) is 6.15. The van der Waals surface area contributed by atoms with Gasteiger partial charge in [-0.15, -0.1) is 0 Å². The first-order valence-electron chi connectivity index (χ1n) is 6.83. The normalized spacial score (nSPS) is 10.5. The molecule has 0 saturated carbocycles. The minimum absolute atomic E-state index is 0.133. The molecule has 0 unspecified atom stereocenters. The average Bonchev–Trinajstić information content (AvgIpc) is 2.39. The Balaban J connectivity index is 2.41. The van der Waals surface area contributed by atoms with Gasteiger partial charge in [-0.05, 0) is 43.0 Å². The third-order valence-corrected chi connectivity index (χ3v) is 3.44. The predicted molar refractivity (Wildman–Crippen MR) is 79.8 cm³/mol. The Morgan fingerprint density at radius 1 is 1.00 bits per heavy atom. The summed E-state index contributed by atoms with van der Waals surface area (Å²) >= 11 is 0. The van der Waals surface area contributed by atoms with E-state index in [1.54, 1.807) is 0 Å². The van der Waals surface area contributed by atoms with E-state index in [1.165, 1.54) is 5.56 Å². The first-order valence-corrected chi connectivity index (χ1v) is 6.83.